The van der Waals surface area contributed by atoms with Crippen LogP contribution in [0.3, 0.4) is 0 Å². The van der Waals surface area contributed by atoms with E-state index in [1.807, 2.05) is 6.92 Å². The molecule has 1 aromatic heterocycles. The van der Waals surface area contributed by atoms with E-state index >= 15 is 0 Å². The molecule has 4 nitrogen and oxygen atoms in total. The van der Waals surface area contributed by atoms with Crippen molar-refractivity contribution < 1.29 is 12.8 Å². The Hall–Kier alpha value is -1.99. The second-order valence-corrected chi connectivity index (χ2v) is 7.40. The van der Waals surface area contributed by atoms with Crippen LogP contribution >= 0.6 is 11.3 Å². The highest BCUT2D eigenvalue weighted by Gasteiger charge is 2.15. The van der Waals surface area contributed by atoms with Crippen molar-refractivity contribution in [1.29, 1.82) is 0 Å². The third-order valence-corrected chi connectivity index (χ3v) is 5.17. The Kier molecular flexibility index (Phi) is 3.38. The predicted molar refractivity (Wildman–Crippen MR) is 81.6 cm³/mol. The number of sulfonamides is 1. The molecule has 1 heterocycles. The molecule has 0 aliphatic heterocycles. The van der Waals surface area contributed by atoms with E-state index in [2.05, 4.69) is 9.71 Å². The molecule has 0 atom stereocenters. The standard InChI is InChI=1S/C14H11FN2O2S2/c1-9-16-13-6-5-11(8-14(13)20-9)17-21(18,19)12-4-2-3-10(15)7-12/h2-8,17H,1H3. The van der Waals surface area contributed by atoms with Crippen molar-refractivity contribution in [2.45, 2.75) is 11.8 Å². The Bertz CT molecular complexity index is 920. The van der Waals surface area contributed by atoms with Crippen LogP contribution in [0.25, 0.3) is 10.2 Å². The van der Waals surface area contributed by atoms with Gasteiger partial charge in [-0.2, -0.15) is 0 Å². The lowest BCUT2D eigenvalue weighted by Crippen LogP contribution is -2.12. The molecule has 21 heavy (non-hydrogen) atoms. The Morgan fingerprint density at radius 1 is 1.19 bits per heavy atom. The first-order chi connectivity index (χ1) is 9.94. The van der Waals surface area contributed by atoms with Crippen molar-refractivity contribution >= 4 is 37.3 Å². The van der Waals surface area contributed by atoms with Crippen LogP contribution in [0.5, 0.6) is 0 Å². The van der Waals surface area contributed by atoms with Gasteiger partial charge in [-0.25, -0.2) is 17.8 Å². The normalized spacial score (nSPS) is 11.7. The Morgan fingerprint density at radius 2 is 2.00 bits per heavy atom. The fourth-order valence-corrected chi connectivity index (χ4v) is 3.90. The lowest BCUT2D eigenvalue weighted by atomic mass is 10.3. The smallest absolute Gasteiger partial charge is 0.261 e. The van der Waals surface area contributed by atoms with E-state index in [1.165, 1.54) is 29.5 Å². The van der Waals surface area contributed by atoms with Crippen molar-refractivity contribution in [3.63, 3.8) is 0 Å². The van der Waals surface area contributed by atoms with Crippen molar-refractivity contribution in [2.75, 3.05) is 4.72 Å². The fourth-order valence-electron chi connectivity index (χ4n) is 1.95. The maximum absolute atomic E-state index is 13.1. The number of rotatable bonds is 3. The Labute approximate surface area is 125 Å². The zero-order chi connectivity index (χ0) is 15.0. The molecule has 0 aliphatic rings. The van der Waals surface area contributed by atoms with Gasteiger partial charge in [-0.15, -0.1) is 11.3 Å². The van der Waals surface area contributed by atoms with Gasteiger partial charge in [0.2, 0.25) is 0 Å². The molecule has 2 aromatic carbocycles. The minimum atomic E-state index is -3.80. The van der Waals surface area contributed by atoms with E-state index < -0.39 is 15.8 Å². The minimum absolute atomic E-state index is 0.108. The Balaban J connectivity index is 1.96. The summed E-state index contributed by atoms with van der Waals surface area (Å²) in [4.78, 5) is 4.20. The molecule has 0 amide bonds. The molecule has 3 rings (SSSR count). The first-order valence-corrected chi connectivity index (χ1v) is 8.40. The molecule has 108 valence electrons. The SMILES string of the molecule is Cc1nc2ccc(NS(=O)(=O)c3cccc(F)c3)cc2s1. The third kappa shape index (κ3) is 2.88. The average Bonchev–Trinajstić information content (AvgIpc) is 2.77. The summed E-state index contributed by atoms with van der Waals surface area (Å²) in [6.07, 6.45) is 0. The highest BCUT2D eigenvalue weighted by atomic mass is 32.2. The molecular formula is C14H11FN2O2S2. The van der Waals surface area contributed by atoms with E-state index in [0.717, 1.165) is 21.3 Å². The quantitative estimate of drug-likeness (QED) is 0.802. The van der Waals surface area contributed by atoms with Crippen molar-refractivity contribution in [1.82, 2.24) is 4.98 Å². The van der Waals surface area contributed by atoms with Crippen LogP contribution in [0.2, 0.25) is 0 Å². The number of fused-ring (bicyclic) bond motifs is 1. The Morgan fingerprint density at radius 3 is 2.76 bits per heavy atom. The number of thiazole rings is 1. The van der Waals surface area contributed by atoms with Crippen LogP contribution in [0.4, 0.5) is 10.1 Å². The van der Waals surface area contributed by atoms with Gasteiger partial charge in [0.15, 0.2) is 0 Å². The van der Waals surface area contributed by atoms with E-state index in [1.54, 1.807) is 18.2 Å². The molecule has 1 N–H and O–H groups in total. The molecular weight excluding hydrogens is 311 g/mol. The largest absolute Gasteiger partial charge is 0.280 e. The third-order valence-electron chi connectivity index (χ3n) is 2.85. The maximum Gasteiger partial charge on any atom is 0.261 e. The number of nitrogens with one attached hydrogen (secondary N) is 1. The molecule has 0 saturated heterocycles. The number of hydrogen-bond acceptors (Lipinski definition) is 4. The topological polar surface area (TPSA) is 59.1 Å². The summed E-state index contributed by atoms with van der Waals surface area (Å²) in [5, 5.41) is 0.912. The predicted octanol–water partition coefficient (Wildman–Crippen LogP) is 3.54. The second-order valence-electron chi connectivity index (χ2n) is 4.48. The first kappa shape index (κ1) is 14.0. The van der Waals surface area contributed by atoms with Crippen LogP contribution in [0, 0.1) is 12.7 Å². The van der Waals surface area contributed by atoms with Crippen molar-refractivity contribution in [3.8, 4) is 0 Å². The summed E-state index contributed by atoms with van der Waals surface area (Å²) in [5.74, 6) is -0.591. The van der Waals surface area contributed by atoms with E-state index in [9.17, 15) is 12.8 Å². The number of halogens is 1. The van der Waals surface area contributed by atoms with Gasteiger partial charge in [-0.3, -0.25) is 4.72 Å². The van der Waals surface area contributed by atoms with Crippen molar-refractivity contribution in [2.24, 2.45) is 0 Å². The number of aromatic nitrogens is 1. The highest BCUT2D eigenvalue weighted by molar-refractivity contribution is 7.92. The van der Waals surface area contributed by atoms with E-state index in [4.69, 9.17) is 0 Å². The molecule has 7 heteroatoms. The second kappa shape index (κ2) is 5.09. The maximum atomic E-state index is 13.1. The van der Waals surface area contributed by atoms with Gasteiger partial charge in [-0.1, -0.05) is 6.07 Å². The van der Waals surface area contributed by atoms with Crippen LogP contribution in [-0.2, 0) is 10.0 Å². The zero-order valence-electron chi connectivity index (χ0n) is 11.0. The number of nitrogens with zero attached hydrogens (tertiary/aromatic N) is 1. The molecule has 3 aromatic rings. The van der Waals surface area contributed by atoms with Crippen LogP contribution in [0.1, 0.15) is 5.01 Å². The first-order valence-electron chi connectivity index (χ1n) is 6.10. The molecule has 0 radical (unpaired) electrons. The number of hydrogen-bond donors (Lipinski definition) is 1. The van der Waals surface area contributed by atoms with Gasteiger partial charge in [0.1, 0.15) is 5.82 Å². The molecule has 0 unspecified atom stereocenters. The summed E-state index contributed by atoms with van der Waals surface area (Å²) in [5.41, 5.74) is 1.25. The summed E-state index contributed by atoms with van der Waals surface area (Å²) >= 11 is 1.48. The number of benzene rings is 2. The molecule has 0 bridgehead atoms. The zero-order valence-corrected chi connectivity index (χ0v) is 12.6. The van der Waals surface area contributed by atoms with Gasteiger partial charge in [-0.05, 0) is 43.3 Å². The molecule has 0 aliphatic carbocycles. The summed E-state index contributed by atoms with van der Waals surface area (Å²) in [6, 6.07) is 10.0. The van der Waals surface area contributed by atoms with Gasteiger partial charge in [0, 0.05) is 0 Å². The number of aryl methyl sites for hydroxylation is 1. The van der Waals surface area contributed by atoms with Gasteiger partial charge < -0.3 is 0 Å². The molecule has 0 saturated carbocycles. The van der Waals surface area contributed by atoms with E-state index in [0.29, 0.717) is 5.69 Å². The molecule has 0 fully saturated rings. The van der Waals surface area contributed by atoms with Gasteiger partial charge in [0.25, 0.3) is 10.0 Å². The fraction of sp³-hybridized carbons (Fsp3) is 0.0714. The molecule has 0 spiro atoms. The highest BCUT2D eigenvalue weighted by Crippen LogP contribution is 2.26. The minimum Gasteiger partial charge on any atom is -0.280 e. The number of anilines is 1. The van der Waals surface area contributed by atoms with Gasteiger partial charge >= 0.3 is 0 Å². The van der Waals surface area contributed by atoms with Crippen LogP contribution < -0.4 is 4.72 Å². The van der Waals surface area contributed by atoms with E-state index in [-0.39, 0.29) is 4.90 Å². The lowest BCUT2D eigenvalue weighted by molar-refractivity contribution is 0.595. The average molecular weight is 322 g/mol. The summed E-state index contributed by atoms with van der Waals surface area (Å²) in [6.45, 7) is 1.89. The van der Waals surface area contributed by atoms with Crippen LogP contribution in [-0.4, -0.2) is 13.4 Å². The lowest BCUT2D eigenvalue weighted by Gasteiger charge is -2.08. The van der Waals surface area contributed by atoms with Crippen molar-refractivity contribution in [3.05, 3.63) is 53.3 Å². The van der Waals surface area contributed by atoms with Gasteiger partial charge in [0.05, 0.1) is 25.8 Å². The van der Waals surface area contributed by atoms with Crippen LogP contribution in [0.15, 0.2) is 47.4 Å². The summed E-state index contributed by atoms with van der Waals surface area (Å²) in [7, 11) is -3.80. The monoisotopic (exact) mass is 322 g/mol. The summed E-state index contributed by atoms with van der Waals surface area (Å²) < 4.78 is 40.9.